The summed E-state index contributed by atoms with van der Waals surface area (Å²) in [6, 6.07) is 3.74. The lowest BCUT2D eigenvalue weighted by Crippen LogP contribution is -2.57. The van der Waals surface area contributed by atoms with Gasteiger partial charge in [-0.2, -0.15) is 4.31 Å². The second-order valence-corrected chi connectivity index (χ2v) is 30.2. The molecule has 106 heavy (non-hydrogen) atoms. The van der Waals surface area contributed by atoms with Crippen molar-refractivity contribution in [2.45, 2.75) is 202 Å². The van der Waals surface area contributed by atoms with Gasteiger partial charge in [0.25, 0.3) is 5.91 Å². The lowest BCUT2D eigenvalue weighted by molar-refractivity contribution is -0.155. The van der Waals surface area contributed by atoms with Gasteiger partial charge in [0.1, 0.15) is 48.5 Å². The van der Waals surface area contributed by atoms with Crippen LogP contribution in [0.5, 0.6) is 0 Å². The van der Waals surface area contributed by atoms with E-state index >= 15 is 0 Å². The molecule has 592 valence electrons. The number of carboxylic acid groups (broad SMARTS) is 1. The summed E-state index contributed by atoms with van der Waals surface area (Å²) in [5.74, 6) is -9.16. The number of nitrogens with two attached hydrogens (primary N) is 1. The van der Waals surface area contributed by atoms with Crippen LogP contribution in [0, 0.1) is 23.7 Å². The van der Waals surface area contributed by atoms with Crippen LogP contribution in [0.2, 0.25) is 5.02 Å². The van der Waals surface area contributed by atoms with Crippen LogP contribution >= 0.6 is 27.2 Å². The van der Waals surface area contributed by atoms with E-state index in [1.807, 2.05) is 0 Å². The third kappa shape index (κ3) is 32.3. The average molecular weight is 1560 g/mol. The fraction of sp³-hybridized carbons (Fsp3) is 0.594. The molecule has 34 nitrogen and oxygen atoms in total. The predicted octanol–water partition coefficient (Wildman–Crippen LogP) is 6.41. The van der Waals surface area contributed by atoms with E-state index in [9.17, 15) is 81.6 Å². The maximum Gasteiger partial charge on any atom is 0.481 e. The van der Waals surface area contributed by atoms with Crippen molar-refractivity contribution in [1.29, 1.82) is 0 Å². The van der Waals surface area contributed by atoms with Crippen LogP contribution < -0.4 is 48.3 Å². The molecule has 0 bridgehead atoms. The minimum Gasteiger partial charge on any atom is -0.465 e. The third-order valence-corrected chi connectivity index (χ3v) is 20.0. The highest BCUT2D eigenvalue weighted by Crippen LogP contribution is 2.60. The molecule has 0 aromatic heterocycles. The number of ether oxygens (including phenoxy) is 3. The highest BCUT2D eigenvalue weighted by Gasteiger charge is 2.40. The van der Waals surface area contributed by atoms with E-state index in [1.54, 1.807) is 92.7 Å². The Bertz CT molecular complexity index is 3510. The van der Waals surface area contributed by atoms with Gasteiger partial charge in [-0.25, -0.2) is 33.1 Å². The number of urea groups is 1. The molecule has 13 N–H and O–H groups in total. The Labute approximate surface area is 623 Å². The van der Waals surface area contributed by atoms with Crippen molar-refractivity contribution < 1.29 is 109 Å². The van der Waals surface area contributed by atoms with Gasteiger partial charge in [-0.3, -0.25) is 42.6 Å². The van der Waals surface area contributed by atoms with Gasteiger partial charge in [0, 0.05) is 62.2 Å². The minimum absolute atomic E-state index is 0.00247. The molecule has 2 aromatic rings. The summed E-state index contributed by atoms with van der Waals surface area (Å²) in [6.45, 7) is 17.7. The van der Waals surface area contributed by atoms with Gasteiger partial charge in [-0.05, 0) is 132 Å². The van der Waals surface area contributed by atoms with Crippen molar-refractivity contribution in [3.63, 3.8) is 0 Å². The van der Waals surface area contributed by atoms with Crippen LogP contribution in [0.25, 0.3) is 0 Å². The third-order valence-electron chi connectivity index (χ3n) is 17.1. The number of halogens is 1. The molecule has 0 radical (unpaired) electrons. The van der Waals surface area contributed by atoms with Crippen molar-refractivity contribution >= 4 is 104 Å². The number of likely N-dealkylation sites (N-methyl/N-ethyl adjacent to an activating group) is 2. The topological polar surface area (TPSA) is 484 Å². The number of esters is 2. The molecule has 0 saturated heterocycles. The summed E-state index contributed by atoms with van der Waals surface area (Å²) in [4.78, 5) is 184. The summed E-state index contributed by atoms with van der Waals surface area (Å²) in [6.07, 6.45) is -2.26. The van der Waals surface area contributed by atoms with Gasteiger partial charge in [-0.1, -0.05) is 103 Å². The minimum atomic E-state index is -5.28. The van der Waals surface area contributed by atoms with Crippen LogP contribution in [0.3, 0.4) is 0 Å². The molecule has 2 aromatic carbocycles. The fourth-order valence-electron chi connectivity index (χ4n) is 10.6. The highest BCUT2D eigenvalue weighted by atomic mass is 35.5. The van der Waals surface area contributed by atoms with E-state index in [1.165, 1.54) is 65.2 Å². The van der Waals surface area contributed by atoms with Gasteiger partial charge in [0.05, 0.1) is 19.8 Å². The Kier molecular flexibility index (Phi) is 38.6. The summed E-state index contributed by atoms with van der Waals surface area (Å²) in [5.41, 5.74) is 6.60. The van der Waals surface area contributed by atoms with E-state index in [2.05, 4.69) is 46.8 Å². The second kappa shape index (κ2) is 44.6. The molecule has 13 atom stereocenters. The van der Waals surface area contributed by atoms with Crippen molar-refractivity contribution in [1.82, 2.24) is 47.0 Å². The first-order chi connectivity index (χ1) is 49.6. The molecule has 0 spiro atoms. The number of amides is 11. The van der Waals surface area contributed by atoms with Gasteiger partial charge in [0.2, 0.25) is 35.4 Å². The van der Waals surface area contributed by atoms with Crippen LogP contribution in [-0.4, -0.2) is 191 Å². The number of nitrogens with zero attached hydrogens (tertiary/aromatic N) is 2. The summed E-state index contributed by atoms with van der Waals surface area (Å²) in [7, 11) is -7.80. The number of nitrogens with one attached hydrogen (secondary N) is 8. The first-order valence-electron chi connectivity index (χ1n) is 34.8. The number of phosphoric ester groups is 2. The Morgan fingerprint density at radius 2 is 1.40 bits per heavy atom. The first-order valence-corrected chi connectivity index (χ1v) is 38.2. The summed E-state index contributed by atoms with van der Waals surface area (Å²) < 4.78 is 57.8. The number of hydrogen-bond acceptors (Lipinski definition) is 20. The van der Waals surface area contributed by atoms with Gasteiger partial charge >= 0.3 is 45.8 Å². The number of benzene rings is 2. The number of rotatable bonds is 30. The summed E-state index contributed by atoms with van der Waals surface area (Å²) in [5, 5.41) is 29.9. The molecule has 1 heterocycles. The average Bonchev–Trinajstić information content (AvgIpc) is 0.833. The monoisotopic (exact) mass is 1550 g/mol. The molecule has 11 amide bonds. The highest BCUT2D eigenvalue weighted by molar-refractivity contribution is 7.61. The number of unbranched alkanes of at least 4 members (excludes halogenated alkanes) is 2. The lowest BCUT2D eigenvalue weighted by Gasteiger charge is -2.33. The Morgan fingerprint density at radius 1 is 0.783 bits per heavy atom. The normalized spacial score (nSPS) is 22.8. The molecule has 37 heteroatoms. The number of allylic oxidation sites excluding steroid dienone is 1. The molecule has 1 aliphatic heterocycles. The molecule has 3 rings (SSSR count). The standard InChI is InChI=1S/C69H106ClN11O23P2/c1-15-41(7)57-62(86)75-46(12)66(90)103-58(42(8)16-2)44(10)53(31-22-43(9)65(89)101-54(35-39(3)4)60(84)74-45(11)63(87)81(14)52(36-47-23-27-49(70)28-24-47)64(88)80(13)37-55(82)78-57)102-69(94)73-32-18-17-19-34-99-105(95,96)104-106(97,98)100-38-48-25-29-50(30-26-48)76-59(83)51(21-20-33-72-67(71)91)77-61(85)56(40(5)6)79-68(92)93/h16,22-30,39-41,44-46,51-54,56-58,79H,15,17-21,31-38H2,1-14H3,(H,73,94)(H,74,84)(H,75,86)(H,76,83)(H,77,85)(H,78,82)(H,92,93)(H,95,96)(H,97,98)(H3,71,72,91)/b42-16+,43-22+/t41-,44+,45+,46-,51+,52-,53-,54-,56-,57+,58-/m1/s1. The van der Waals surface area contributed by atoms with Crippen LogP contribution in [-0.2, 0) is 92.9 Å². The van der Waals surface area contributed by atoms with E-state index < -0.39 is 179 Å². The summed E-state index contributed by atoms with van der Waals surface area (Å²) >= 11 is 6.17. The zero-order valence-corrected chi connectivity index (χ0v) is 65.0. The lowest BCUT2D eigenvalue weighted by atomic mass is 9.90. The molecule has 2 unspecified atom stereocenters. The molecule has 0 saturated carbocycles. The number of cyclic esters (lactones) is 2. The number of carbonyl (C=O) groups is 12. The number of hydrogen-bond donors (Lipinski definition) is 12. The second-order valence-electron chi connectivity index (χ2n) is 26.7. The van der Waals surface area contributed by atoms with Crippen molar-refractivity contribution in [3.8, 4) is 0 Å². The van der Waals surface area contributed by atoms with Gasteiger partial charge < -0.3 is 87.2 Å². The Balaban J connectivity index is 1.78. The first kappa shape index (κ1) is 91.7. The van der Waals surface area contributed by atoms with Gasteiger partial charge in [0.15, 0.2) is 6.10 Å². The van der Waals surface area contributed by atoms with Crippen LogP contribution in [0.4, 0.5) is 20.1 Å². The molecule has 0 fully saturated rings. The number of anilines is 1. The molecule has 0 aliphatic carbocycles. The van der Waals surface area contributed by atoms with Gasteiger partial charge in [-0.15, -0.1) is 0 Å². The smallest absolute Gasteiger partial charge is 0.465 e. The van der Waals surface area contributed by atoms with Crippen molar-refractivity contribution in [3.05, 3.63) is 88.0 Å². The molecular weight excluding hydrogens is 1450 g/mol. The number of alkyl carbamates (subject to hydrolysis) is 1. The van der Waals surface area contributed by atoms with Crippen LogP contribution in [0.15, 0.2) is 71.8 Å². The SMILES string of the molecule is C/C=C(\C)[C@H]1OC(=O)[C@@H](C)NC(=O)[C@H]([C@H](C)CC)NC(=O)CN(C)C(=O)[C@@H](Cc2ccc(Cl)cc2)N(C)C(=O)[C@H](C)NC(=O)[C@@H](CC(C)C)OC(=O)/C(C)=C/C[C@@H](OC(=O)NCCCCCOP(=O)(O)OP(=O)(O)OCc2ccc(NC(=O)[C@H](CCCNC(N)=O)NC(=O)[C@H](NC(=O)O)C(C)C)cc2)[C@@H]1C. The van der Waals surface area contributed by atoms with Crippen molar-refractivity contribution in [2.24, 2.45) is 29.4 Å². The quantitative estimate of drug-likeness (QED) is 0.0132. The molecule has 1 aliphatic rings. The van der Waals surface area contributed by atoms with Crippen LogP contribution in [0.1, 0.15) is 146 Å². The predicted molar refractivity (Wildman–Crippen MR) is 389 cm³/mol. The fourth-order valence-corrected chi connectivity index (χ4v) is 12.8. The Hall–Kier alpha value is -8.49. The largest absolute Gasteiger partial charge is 0.481 e. The van der Waals surface area contributed by atoms with Crippen molar-refractivity contribution in [2.75, 3.05) is 45.7 Å². The number of phosphoric acid groups is 2. The maximum absolute atomic E-state index is 14.4. The van der Waals surface area contributed by atoms with E-state index in [4.69, 9.17) is 40.6 Å². The van der Waals surface area contributed by atoms with E-state index in [0.717, 1.165) is 9.80 Å². The Morgan fingerprint density at radius 3 is 1.99 bits per heavy atom. The zero-order valence-electron chi connectivity index (χ0n) is 62.4. The zero-order chi connectivity index (χ0) is 79.9. The number of carbonyl (C=O) groups excluding carboxylic acids is 11. The molecular formula is C69H106ClN11O23P2. The maximum atomic E-state index is 14.4. The van der Waals surface area contributed by atoms with E-state index in [0.29, 0.717) is 22.6 Å². The van der Waals surface area contributed by atoms with E-state index in [-0.39, 0.29) is 87.2 Å². The number of primary amides is 1.